The lowest BCUT2D eigenvalue weighted by Gasteiger charge is -2.07. The summed E-state index contributed by atoms with van der Waals surface area (Å²) in [5, 5.41) is 0. The molecule has 0 amide bonds. The molecule has 0 aromatic rings. The van der Waals surface area contributed by atoms with Gasteiger partial charge in [-0.15, -0.1) is 0 Å². The Morgan fingerprint density at radius 2 is 2.38 bits per heavy atom. The third kappa shape index (κ3) is 3.95. The summed E-state index contributed by atoms with van der Waals surface area (Å²) in [6.45, 7) is 9.20. The highest BCUT2D eigenvalue weighted by atomic mass is 16.6. The lowest BCUT2D eigenvalue weighted by atomic mass is 10.2. The maximum atomic E-state index is 5.51. The second kappa shape index (κ2) is 4.87. The lowest BCUT2D eigenvalue weighted by molar-refractivity contribution is 0.189. The van der Waals surface area contributed by atoms with Crippen molar-refractivity contribution in [3.8, 4) is 0 Å². The largest absolute Gasteiger partial charge is 0.491 e. The fourth-order valence-corrected chi connectivity index (χ4v) is 0.844. The molecular weight excluding hydrogens is 164 g/mol. The van der Waals surface area contributed by atoms with E-state index in [0.717, 1.165) is 17.9 Å². The number of allylic oxidation sites excluding steroid dienone is 4. The summed E-state index contributed by atoms with van der Waals surface area (Å²) >= 11 is 0. The Labute approximate surface area is 79.5 Å². The van der Waals surface area contributed by atoms with Crippen molar-refractivity contribution in [1.82, 2.24) is 0 Å². The monoisotopic (exact) mass is 180 g/mol. The van der Waals surface area contributed by atoms with Crippen molar-refractivity contribution in [3.05, 3.63) is 36.1 Å². The van der Waals surface area contributed by atoms with Gasteiger partial charge in [-0.3, -0.25) is 0 Å². The van der Waals surface area contributed by atoms with Gasteiger partial charge >= 0.3 is 0 Å². The first-order valence-electron chi connectivity index (χ1n) is 4.47. The van der Waals surface area contributed by atoms with Crippen LogP contribution in [0.15, 0.2) is 36.1 Å². The van der Waals surface area contributed by atoms with E-state index in [9.17, 15) is 0 Å². The van der Waals surface area contributed by atoms with Gasteiger partial charge in [0.2, 0.25) is 0 Å². The van der Waals surface area contributed by atoms with Crippen molar-refractivity contribution in [3.63, 3.8) is 0 Å². The molecule has 0 N–H and O–H groups in total. The minimum atomic E-state index is 0.299. The molecule has 0 radical (unpaired) electrons. The van der Waals surface area contributed by atoms with E-state index < -0.39 is 0 Å². The van der Waals surface area contributed by atoms with Gasteiger partial charge in [-0.2, -0.15) is 0 Å². The van der Waals surface area contributed by atoms with Crippen LogP contribution in [-0.2, 0) is 9.47 Å². The Morgan fingerprint density at radius 3 is 2.85 bits per heavy atom. The third-order valence-corrected chi connectivity index (χ3v) is 1.69. The molecule has 2 nitrogen and oxygen atoms in total. The van der Waals surface area contributed by atoms with Crippen LogP contribution in [-0.4, -0.2) is 19.3 Å². The summed E-state index contributed by atoms with van der Waals surface area (Å²) < 4.78 is 10.6. The molecule has 72 valence electrons. The summed E-state index contributed by atoms with van der Waals surface area (Å²) in [5.74, 6) is 0.841. The summed E-state index contributed by atoms with van der Waals surface area (Å²) in [4.78, 5) is 0. The van der Waals surface area contributed by atoms with Gasteiger partial charge in [0.1, 0.15) is 18.5 Å². The maximum absolute atomic E-state index is 5.51. The first kappa shape index (κ1) is 10.1. The van der Waals surface area contributed by atoms with Gasteiger partial charge in [-0.1, -0.05) is 18.7 Å². The highest BCUT2D eigenvalue weighted by molar-refractivity contribution is 5.24. The molecule has 0 bridgehead atoms. The predicted molar refractivity (Wildman–Crippen MR) is 53.4 cm³/mol. The van der Waals surface area contributed by atoms with E-state index in [1.807, 2.05) is 32.1 Å². The molecule has 2 heteroatoms. The Hall–Kier alpha value is -1.02. The molecule has 1 atom stereocenters. The second-order valence-corrected chi connectivity index (χ2v) is 3.10. The van der Waals surface area contributed by atoms with E-state index in [4.69, 9.17) is 9.47 Å². The fraction of sp³-hybridized carbons (Fsp3) is 0.455. The van der Waals surface area contributed by atoms with Gasteiger partial charge in [0.25, 0.3) is 0 Å². The van der Waals surface area contributed by atoms with Gasteiger partial charge in [0.15, 0.2) is 0 Å². The summed E-state index contributed by atoms with van der Waals surface area (Å²) in [6.07, 6.45) is 6.12. The summed E-state index contributed by atoms with van der Waals surface area (Å²) in [6, 6.07) is 0. The molecule has 0 spiro atoms. The number of rotatable bonds is 5. The Bertz CT molecular complexity index is 234. The van der Waals surface area contributed by atoms with Gasteiger partial charge in [0.05, 0.1) is 6.61 Å². The van der Waals surface area contributed by atoms with Crippen molar-refractivity contribution in [2.75, 3.05) is 13.2 Å². The Morgan fingerprint density at radius 1 is 1.69 bits per heavy atom. The topological polar surface area (TPSA) is 21.8 Å². The Balaban J connectivity index is 2.40. The van der Waals surface area contributed by atoms with Crippen molar-refractivity contribution in [1.29, 1.82) is 0 Å². The normalized spacial score (nSPS) is 22.0. The van der Waals surface area contributed by atoms with E-state index in [-0.39, 0.29) is 0 Å². The van der Waals surface area contributed by atoms with E-state index in [1.54, 1.807) is 0 Å². The lowest BCUT2D eigenvalue weighted by Crippen LogP contribution is -2.01. The quantitative estimate of drug-likeness (QED) is 0.368. The number of ether oxygens (including phenoxy) is 2. The average molecular weight is 180 g/mol. The smallest absolute Gasteiger partial charge is 0.121 e. The zero-order chi connectivity index (χ0) is 9.68. The van der Waals surface area contributed by atoms with Gasteiger partial charge < -0.3 is 9.47 Å². The summed E-state index contributed by atoms with van der Waals surface area (Å²) in [5.41, 5.74) is 0.943. The fourth-order valence-electron chi connectivity index (χ4n) is 0.844. The number of hydrogen-bond donors (Lipinski definition) is 0. The van der Waals surface area contributed by atoms with Crippen molar-refractivity contribution >= 4 is 0 Å². The van der Waals surface area contributed by atoms with Crippen LogP contribution in [0.3, 0.4) is 0 Å². The molecule has 1 saturated heterocycles. The average Bonchev–Trinajstić information content (AvgIpc) is 2.87. The number of epoxide rings is 1. The van der Waals surface area contributed by atoms with Crippen LogP contribution in [0.5, 0.6) is 0 Å². The van der Waals surface area contributed by atoms with Crippen LogP contribution >= 0.6 is 0 Å². The molecule has 1 aliphatic rings. The van der Waals surface area contributed by atoms with Crippen LogP contribution in [0.4, 0.5) is 0 Å². The zero-order valence-electron chi connectivity index (χ0n) is 8.25. The molecule has 1 aliphatic heterocycles. The molecule has 13 heavy (non-hydrogen) atoms. The predicted octanol–water partition coefficient (Wildman–Crippen LogP) is 2.44. The van der Waals surface area contributed by atoms with E-state index in [1.165, 1.54) is 0 Å². The SMILES string of the molecule is C=C(C)/C(=C\C=C/C)OCC1CO1. The minimum absolute atomic E-state index is 0.299. The zero-order valence-corrected chi connectivity index (χ0v) is 8.25. The highest BCUT2D eigenvalue weighted by Gasteiger charge is 2.23. The summed E-state index contributed by atoms with van der Waals surface area (Å²) in [7, 11) is 0. The third-order valence-electron chi connectivity index (χ3n) is 1.69. The molecule has 1 rings (SSSR count). The van der Waals surface area contributed by atoms with E-state index in [2.05, 4.69) is 6.58 Å². The van der Waals surface area contributed by atoms with Gasteiger partial charge in [0, 0.05) is 0 Å². The van der Waals surface area contributed by atoms with E-state index in [0.29, 0.717) is 12.7 Å². The van der Waals surface area contributed by atoms with Crippen LogP contribution < -0.4 is 0 Å². The van der Waals surface area contributed by atoms with Crippen LogP contribution in [0.2, 0.25) is 0 Å². The molecule has 0 aliphatic carbocycles. The number of hydrogen-bond acceptors (Lipinski definition) is 2. The van der Waals surface area contributed by atoms with E-state index >= 15 is 0 Å². The first-order valence-corrected chi connectivity index (χ1v) is 4.47. The van der Waals surface area contributed by atoms with Crippen molar-refractivity contribution < 1.29 is 9.47 Å². The van der Waals surface area contributed by atoms with Crippen LogP contribution in [0, 0.1) is 0 Å². The molecule has 0 aromatic heterocycles. The molecule has 1 fully saturated rings. The standard InChI is InChI=1S/C11H16O2/c1-4-5-6-11(9(2)3)13-8-10-7-12-10/h4-6,10H,2,7-8H2,1,3H3/b5-4-,11-6+. The maximum Gasteiger partial charge on any atom is 0.121 e. The molecule has 0 saturated carbocycles. The molecular formula is C11H16O2. The van der Waals surface area contributed by atoms with Crippen molar-refractivity contribution in [2.24, 2.45) is 0 Å². The molecule has 0 aromatic carbocycles. The van der Waals surface area contributed by atoms with Crippen LogP contribution in [0.1, 0.15) is 13.8 Å². The second-order valence-electron chi connectivity index (χ2n) is 3.10. The van der Waals surface area contributed by atoms with Gasteiger partial charge in [-0.05, 0) is 25.5 Å². The molecule has 1 unspecified atom stereocenters. The Kier molecular flexibility index (Phi) is 3.77. The highest BCUT2D eigenvalue weighted by Crippen LogP contribution is 2.14. The molecule has 1 heterocycles. The minimum Gasteiger partial charge on any atom is -0.491 e. The first-order chi connectivity index (χ1) is 6.24. The van der Waals surface area contributed by atoms with Gasteiger partial charge in [-0.25, -0.2) is 0 Å². The van der Waals surface area contributed by atoms with Crippen molar-refractivity contribution in [2.45, 2.75) is 20.0 Å². The van der Waals surface area contributed by atoms with Crippen LogP contribution in [0.25, 0.3) is 0 Å².